The lowest BCUT2D eigenvalue weighted by atomic mass is 10.1. The Morgan fingerprint density at radius 3 is 2.45 bits per heavy atom. The number of nitrogens with zero attached hydrogens (tertiary/aromatic N) is 3. The van der Waals surface area contributed by atoms with Gasteiger partial charge in [-0.1, -0.05) is 5.21 Å². The lowest BCUT2D eigenvalue weighted by Gasteiger charge is -2.07. The highest BCUT2D eigenvalue weighted by atomic mass is 16.5. The van der Waals surface area contributed by atoms with Gasteiger partial charge in [0.2, 0.25) is 0 Å². The molecule has 0 amide bonds. The van der Waals surface area contributed by atoms with Gasteiger partial charge in [0.15, 0.2) is 0 Å². The molecule has 3 rings (SSSR count). The Balaban J connectivity index is 1.98. The van der Waals surface area contributed by atoms with E-state index in [0.29, 0.717) is 11.4 Å². The molecular weight excluding hydrogens is 280 g/mol. The Hall–Kier alpha value is -3.02. The Kier molecular flexibility index (Phi) is 3.65. The van der Waals surface area contributed by atoms with Crippen molar-refractivity contribution >= 4 is 5.69 Å². The lowest BCUT2D eigenvalue weighted by molar-refractivity contribution is 0.395. The molecule has 0 bridgehead atoms. The van der Waals surface area contributed by atoms with Crippen molar-refractivity contribution in [1.29, 1.82) is 0 Å². The number of hydrogen-bond donors (Lipinski definition) is 1. The van der Waals surface area contributed by atoms with Gasteiger partial charge >= 0.3 is 0 Å². The lowest BCUT2D eigenvalue weighted by Crippen LogP contribution is -1.95. The van der Waals surface area contributed by atoms with Crippen molar-refractivity contribution < 1.29 is 9.47 Å². The molecule has 0 atom stereocenters. The zero-order valence-electron chi connectivity index (χ0n) is 12.4. The first-order chi connectivity index (χ1) is 10.7. The highest BCUT2D eigenvalue weighted by Gasteiger charge is 2.11. The number of nitrogens with two attached hydrogens (primary N) is 1. The molecule has 0 unspecified atom stereocenters. The van der Waals surface area contributed by atoms with E-state index in [-0.39, 0.29) is 0 Å². The van der Waals surface area contributed by atoms with Crippen molar-refractivity contribution in [2.75, 3.05) is 20.0 Å². The number of nitrogen functional groups attached to an aromatic ring is 1. The largest absolute Gasteiger partial charge is 0.497 e. The van der Waals surface area contributed by atoms with E-state index >= 15 is 0 Å². The summed E-state index contributed by atoms with van der Waals surface area (Å²) in [6.45, 7) is 0. The summed E-state index contributed by atoms with van der Waals surface area (Å²) in [6.07, 6.45) is 1.84. The molecule has 6 nitrogen and oxygen atoms in total. The van der Waals surface area contributed by atoms with Crippen LogP contribution in [0.25, 0.3) is 16.9 Å². The fourth-order valence-electron chi connectivity index (χ4n) is 2.15. The molecule has 112 valence electrons. The number of aromatic nitrogens is 3. The van der Waals surface area contributed by atoms with Crippen LogP contribution in [0.5, 0.6) is 11.5 Å². The Bertz CT molecular complexity index is 781. The normalized spacial score (nSPS) is 10.5. The Labute approximate surface area is 128 Å². The first-order valence-corrected chi connectivity index (χ1v) is 6.72. The maximum atomic E-state index is 5.69. The SMILES string of the molecule is COc1ccc(-c2cn(-c3ccc(N)cc3)nn2)c(OC)c1. The van der Waals surface area contributed by atoms with E-state index in [1.807, 2.05) is 48.7 Å². The van der Waals surface area contributed by atoms with E-state index < -0.39 is 0 Å². The van der Waals surface area contributed by atoms with Crippen LogP contribution in [0.4, 0.5) is 5.69 Å². The number of ether oxygens (including phenoxy) is 2. The zero-order valence-corrected chi connectivity index (χ0v) is 12.4. The smallest absolute Gasteiger partial charge is 0.132 e. The van der Waals surface area contributed by atoms with Crippen molar-refractivity contribution in [2.45, 2.75) is 0 Å². The molecule has 0 saturated carbocycles. The highest BCUT2D eigenvalue weighted by Crippen LogP contribution is 2.32. The van der Waals surface area contributed by atoms with Crippen LogP contribution >= 0.6 is 0 Å². The Morgan fingerprint density at radius 2 is 1.77 bits per heavy atom. The zero-order chi connectivity index (χ0) is 15.5. The number of rotatable bonds is 4. The average molecular weight is 296 g/mol. The number of methoxy groups -OCH3 is 2. The molecule has 2 N–H and O–H groups in total. The third-order valence-corrected chi connectivity index (χ3v) is 3.34. The van der Waals surface area contributed by atoms with Crippen molar-refractivity contribution in [2.24, 2.45) is 0 Å². The number of benzene rings is 2. The maximum absolute atomic E-state index is 5.69. The molecule has 0 radical (unpaired) electrons. The third kappa shape index (κ3) is 2.58. The first kappa shape index (κ1) is 13.9. The van der Waals surface area contributed by atoms with Crippen LogP contribution in [-0.4, -0.2) is 29.2 Å². The van der Waals surface area contributed by atoms with E-state index in [2.05, 4.69) is 10.3 Å². The second-order valence-electron chi connectivity index (χ2n) is 4.71. The van der Waals surface area contributed by atoms with Crippen LogP contribution in [0.3, 0.4) is 0 Å². The minimum Gasteiger partial charge on any atom is -0.497 e. The van der Waals surface area contributed by atoms with Gasteiger partial charge in [0, 0.05) is 17.3 Å². The van der Waals surface area contributed by atoms with Gasteiger partial charge in [-0.25, -0.2) is 4.68 Å². The molecule has 3 aromatic rings. The van der Waals surface area contributed by atoms with Crippen LogP contribution in [0.15, 0.2) is 48.7 Å². The van der Waals surface area contributed by atoms with Gasteiger partial charge in [-0.05, 0) is 36.4 Å². The predicted octanol–water partition coefficient (Wildman–Crippen LogP) is 2.53. The average Bonchev–Trinajstić information content (AvgIpc) is 3.04. The van der Waals surface area contributed by atoms with Gasteiger partial charge in [0.05, 0.1) is 26.1 Å². The third-order valence-electron chi connectivity index (χ3n) is 3.34. The molecule has 0 aliphatic heterocycles. The maximum Gasteiger partial charge on any atom is 0.132 e. The molecule has 0 aliphatic carbocycles. The van der Waals surface area contributed by atoms with Crippen LogP contribution in [0.1, 0.15) is 0 Å². The number of hydrogen-bond acceptors (Lipinski definition) is 5. The van der Waals surface area contributed by atoms with Crippen molar-refractivity contribution in [3.05, 3.63) is 48.7 Å². The van der Waals surface area contributed by atoms with E-state index in [4.69, 9.17) is 15.2 Å². The molecular formula is C16H16N4O2. The fourth-order valence-corrected chi connectivity index (χ4v) is 2.15. The van der Waals surface area contributed by atoms with Crippen molar-refractivity contribution in [3.8, 4) is 28.4 Å². The van der Waals surface area contributed by atoms with E-state index in [0.717, 1.165) is 22.7 Å². The number of anilines is 1. The standard InChI is InChI=1S/C16H16N4O2/c1-21-13-7-8-14(16(9-13)22-2)15-10-20(19-18-15)12-5-3-11(17)4-6-12/h3-10H,17H2,1-2H3. The molecule has 6 heteroatoms. The first-order valence-electron chi connectivity index (χ1n) is 6.72. The predicted molar refractivity (Wildman–Crippen MR) is 84.3 cm³/mol. The monoisotopic (exact) mass is 296 g/mol. The topological polar surface area (TPSA) is 75.2 Å². The molecule has 0 aliphatic rings. The summed E-state index contributed by atoms with van der Waals surface area (Å²) < 4.78 is 12.3. The summed E-state index contributed by atoms with van der Waals surface area (Å²) in [7, 11) is 3.23. The fraction of sp³-hybridized carbons (Fsp3) is 0.125. The van der Waals surface area contributed by atoms with Crippen LogP contribution in [0, 0.1) is 0 Å². The van der Waals surface area contributed by atoms with E-state index in [9.17, 15) is 0 Å². The molecule has 1 heterocycles. The van der Waals surface area contributed by atoms with Gasteiger partial charge in [-0.15, -0.1) is 5.10 Å². The second kappa shape index (κ2) is 5.77. The van der Waals surface area contributed by atoms with Gasteiger partial charge in [-0.2, -0.15) is 0 Å². The molecule has 0 fully saturated rings. The summed E-state index contributed by atoms with van der Waals surface area (Å²) in [4.78, 5) is 0. The summed E-state index contributed by atoms with van der Waals surface area (Å²) in [6, 6.07) is 13.0. The Morgan fingerprint density at radius 1 is 1.00 bits per heavy atom. The summed E-state index contributed by atoms with van der Waals surface area (Å²) >= 11 is 0. The van der Waals surface area contributed by atoms with Crippen molar-refractivity contribution in [1.82, 2.24) is 15.0 Å². The summed E-state index contributed by atoms with van der Waals surface area (Å²) in [5.41, 5.74) is 8.86. The van der Waals surface area contributed by atoms with E-state index in [1.165, 1.54) is 0 Å². The molecule has 1 aromatic heterocycles. The van der Waals surface area contributed by atoms with Crippen molar-refractivity contribution in [3.63, 3.8) is 0 Å². The minimum atomic E-state index is 0.684. The summed E-state index contributed by atoms with van der Waals surface area (Å²) in [5, 5.41) is 8.36. The molecule has 2 aromatic carbocycles. The minimum absolute atomic E-state index is 0.684. The van der Waals surface area contributed by atoms with Crippen LogP contribution in [0.2, 0.25) is 0 Å². The van der Waals surface area contributed by atoms with Gasteiger partial charge in [0.25, 0.3) is 0 Å². The van der Waals surface area contributed by atoms with Gasteiger partial charge in [-0.3, -0.25) is 0 Å². The van der Waals surface area contributed by atoms with Crippen LogP contribution in [-0.2, 0) is 0 Å². The quantitative estimate of drug-likeness (QED) is 0.749. The van der Waals surface area contributed by atoms with Gasteiger partial charge < -0.3 is 15.2 Å². The van der Waals surface area contributed by atoms with E-state index in [1.54, 1.807) is 18.9 Å². The highest BCUT2D eigenvalue weighted by molar-refractivity contribution is 5.68. The molecule has 22 heavy (non-hydrogen) atoms. The molecule has 0 spiro atoms. The van der Waals surface area contributed by atoms with Gasteiger partial charge in [0.1, 0.15) is 17.2 Å². The molecule has 0 saturated heterocycles. The summed E-state index contributed by atoms with van der Waals surface area (Å²) in [5.74, 6) is 1.41. The van der Waals surface area contributed by atoms with Crippen LogP contribution < -0.4 is 15.2 Å². The second-order valence-corrected chi connectivity index (χ2v) is 4.71.